The lowest BCUT2D eigenvalue weighted by atomic mass is 9.92. The van der Waals surface area contributed by atoms with Crippen molar-refractivity contribution in [1.82, 2.24) is 10.3 Å². The van der Waals surface area contributed by atoms with Gasteiger partial charge in [-0.3, -0.25) is 4.79 Å². The largest absolute Gasteiger partial charge is 0.481 e. The molecule has 2 N–H and O–H groups in total. The lowest BCUT2D eigenvalue weighted by Crippen LogP contribution is -2.64. The summed E-state index contributed by atoms with van der Waals surface area (Å²) in [6, 6.07) is 2.91. The quantitative estimate of drug-likeness (QED) is 0.568. The van der Waals surface area contributed by atoms with Crippen molar-refractivity contribution < 1.29 is 19.6 Å². The lowest BCUT2D eigenvalue weighted by molar-refractivity contribution is -0.391. The zero-order valence-electron chi connectivity index (χ0n) is 9.33. The highest BCUT2D eigenvalue weighted by Gasteiger charge is 2.43. The molecule has 0 atom stereocenters. The first kappa shape index (κ1) is 12.2. The van der Waals surface area contributed by atoms with E-state index in [2.05, 4.69) is 10.3 Å². The van der Waals surface area contributed by atoms with Crippen LogP contribution >= 0.6 is 0 Å². The maximum Gasteiger partial charge on any atom is 0.406 e. The second-order valence-corrected chi connectivity index (χ2v) is 4.04. The van der Waals surface area contributed by atoms with E-state index in [0.29, 0.717) is 13.1 Å². The summed E-state index contributed by atoms with van der Waals surface area (Å²) < 4.78 is 5.49. The monoisotopic (exact) mass is 253 g/mol. The van der Waals surface area contributed by atoms with Gasteiger partial charge in [-0.15, -0.1) is 0 Å². The maximum absolute atomic E-state index is 10.8. The molecule has 2 heterocycles. The first-order valence-electron chi connectivity index (χ1n) is 5.23. The van der Waals surface area contributed by atoms with Crippen molar-refractivity contribution in [2.24, 2.45) is 0 Å². The van der Waals surface area contributed by atoms with Crippen LogP contribution in [0.3, 0.4) is 0 Å². The summed E-state index contributed by atoms with van der Waals surface area (Å²) in [5, 5.41) is 22.5. The Morgan fingerprint density at radius 1 is 1.67 bits per heavy atom. The standard InChI is InChI=1S/C10H11N3O5/c14-8(15)4-10(5-11-6-10)18-7-2-1-3-12-9(7)13(16)17/h1-3,11H,4-6H2,(H,14,15). The van der Waals surface area contributed by atoms with E-state index in [9.17, 15) is 14.9 Å². The number of hydrogen-bond donors (Lipinski definition) is 2. The molecule has 1 aliphatic heterocycles. The minimum atomic E-state index is -1.01. The van der Waals surface area contributed by atoms with Crippen LogP contribution in [0.4, 0.5) is 5.82 Å². The highest BCUT2D eigenvalue weighted by Crippen LogP contribution is 2.30. The third-order valence-electron chi connectivity index (χ3n) is 2.62. The van der Waals surface area contributed by atoms with Crippen molar-refractivity contribution in [2.45, 2.75) is 12.0 Å². The Morgan fingerprint density at radius 3 is 2.89 bits per heavy atom. The Kier molecular flexibility index (Phi) is 3.11. The number of nitrogens with one attached hydrogen (secondary N) is 1. The number of carboxylic acid groups (broad SMARTS) is 1. The van der Waals surface area contributed by atoms with Gasteiger partial charge in [0.15, 0.2) is 0 Å². The number of rotatable bonds is 5. The van der Waals surface area contributed by atoms with Crippen molar-refractivity contribution in [1.29, 1.82) is 0 Å². The average molecular weight is 253 g/mol. The van der Waals surface area contributed by atoms with Crippen LogP contribution in [-0.2, 0) is 4.79 Å². The molecule has 0 amide bonds. The molecule has 1 aromatic heterocycles. The second-order valence-electron chi connectivity index (χ2n) is 4.04. The fourth-order valence-corrected chi connectivity index (χ4v) is 1.74. The number of hydrogen-bond acceptors (Lipinski definition) is 6. The van der Waals surface area contributed by atoms with Crippen LogP contribution in [0, 0.1) is 10.1 Å². The molecule has 0 aromatic carbocycles. The molecular formula is C10H11N3O5. The predicted molar refractivity (Wildman–Crippen MR) is 59.4 cm³/mol. The zero-order valence-corrected chi connectivity index (χ0v) is 9.33. The number of pyridine rings is 1. The van der Waals surface area contributed by atoms with Crippen LogP contribution in [0.1, 0.15) is 6.42 Å². The summed E-state index contributed by atoms with van der Waals surface area (Å²) >= 11 is 0. The van der Waals surface area contributed by atoms with Gasteiger partial charge in [-0.2, -0.15) is 0 Å². The van der Waals surface area contributed by atoms with Crippen LogP contribution in [-0.4, -0.2) is 39.7 Å². The van der Waals surface area contributed by atoms with Gasteiger partial charge in [-0.05, 0) is 22.0 Å². The van der Waals surface area contributed by atoms with E-state index in [1.165, 1.54) is 18.3 Å². The Balaban J connectivity index is 2.22. The van der Waals surface area contributed by atoms with Gasteiger partial charge in [0.05, 0.1) is 6.42 Å². The van der Waals surface area contributed by atoms with Crippen molar-refractivity contribution in [3.8, 4) is 5.75 Å². The molecular weight excluding hydrogens is 242 g/mol. The van der Waals surface area contributed by atoms with Gasteiger partial charge in [-0.1, -0.05) is 0 Å². The topological polar surface area (TPSA) is 115 Å². The normalized spacial score (nSPS) is 16.7. The molecule has 0 radical (unpaired) electrons. The van der Waals surface area contributed by atoms with Gasteiger partial charge >= 0.3 is 11.8 Å². The van der Waals surface area contributed by atoms with E-state index >= 15 is 0 Å². The molecule has 1 fully saturated rings. The molecule has 8 heteroatoms. The first-order chi connectivity index (χ1) is 8.52. The molecule has 8 nitrogen and oxygen atoms in total. The van der Waals surface area contributed by atoms with E-state index in [4.69, 9.17) is 9.84 Å². The number of ether oxygens (including phenoxy) is 1. The minimum absolute atomic E-state index is 0.00903. The molecule has 0 spiro atoms. The number of aromatic nitrogens is 1. The molecule has 0 unspecified atom stereocenters. The van der Waals surface area contributed by atoms with Gasteiger partial charge in [0.25, 0.3) is 0 Å². The smallest absolute Gasteiger partial charge is 0.406 e. The average Bonchev–Trinajstić information content (AvgIpc) is 2.26. The van der Waals surface area contributed by atoms with Crippen molar-refractivity contribution in [2.75, 3.05) is 13.1 Å². The van der Waals surface area contributed by atoms with Crippen LogP contribution in [0.2, 0.25) is 0 Å². The third kappa shape index (κ3) is 2.38. The highest BCUT2D eigenvalue weighted by molar-refractivity contribution is 5.68. The zero-order chi connectivity index (χ0) is 13.2. The summed E-state index contributed by atoms with van der Waals surface area (Å²) in [4.78, 5) is 24.5. The van der Waals surface area contributed by atoms with Crippen LogP contribution in [0.25, 0.3) is 0 Å². The summed E-state index contributed by atoms with van der Waals surface area (Å²) in [7, 11) is 0. The first-order valence-corrected chi connectivity index (χ1v) is 5.23. The Morgan fingerprint density at radius 2 is 2.39 bits per heavy atom. The second kappa shape index (κ2) is 4.57. The van der Waals surface area contributed by atoms with Crippen molar-refractivity contribution in [3.63, 3.8) is 0 Å². The van der Waals surface area contributed by atoms with E-state index < -0.39 is 22.3 Å². The third-order valence-corrected chi connectivity index (χ3v) is 2.62. The summed E-state index contributed by atoms with van der Waals surface area (Å²) in [6.45, 7) is 0.677. The SMILES string of the molecule is O=C(O)CC1(Oc2cccnc2[N+](=O)[O-])CNC1. The molecule has 0 bridgehead atoms. The van der Waals surface area contributed by atoms with E-state index in [-0.39, 0.29) is 12.2 Å². The molecule has 1 aromatic rings. The molecule has 96 valence electrons. The van der Waals surface area contributed by atoms with Crippen molar-refractivity contribution in [3.05, 3.63) is 28.4 Å². The number of nitro groups is 1. The van der Waals surface area contributed by atoms with Crippen LogP contribution in [0.15, 0.2) is 18.3 Å². The predicted octanol–water partition coefficient (Wildman–Crippen LogP) is 0.185. The molecule has 2 rings (SSSR count). The molecule has 1 saturated heterocycles. The van der Waals surface area contributed by atoms with Gasteiger partial charge in [0.1, 0.15) is 11.8 Å². The highest BCUT2D eigenvalue weighted by atomic mass is 16.6. The van der Waals surface area contributed by atoms with E-state index in [1.807, 2.05) is 0 Å². The number of nitrogens with zero attached hydrogens (tertiary/aromatic N) is 2. The van der Waals surface area contributed by atoms with Gasteiger partial charge < -0.3 is 25.3 Å². The molecule has 1 aliphatic rings. The van der Waals surface area contributed by atoms with Crippen molar-refractivity contribution >= 4 is 11.8 Å². The maximum atomic E-state index is 10.8. The fourth-order valence-electron chi connectivity index (χ4n) is 1.74. The van der Waals surface area contributed by atoms with E-state index in [0.717, 1.165) is 0 Å². The number of aliphatic carboxylic acids is 1. The lowest BCUT2D eigenvalue weighted by Gasteiger charge is -2.41. The van der Waals surface area contributed by atoms with Crippen LogP contribution < -0.4 is 10.1 Å². The molecule has 0 saturated carbocycles. The van der Waals surface area contributed by atoms with E-state index in [1.54, 1.807) is 0 Å². The molecule has 18 heavy (non-hydrogen) atoms. The Bertz CT molecular complexity index is 486. The van der Waals surface area contributed by atoms with Crippen LogP contribution in [0.5, 0.6) is 5.75 Å². The number of carboxylic acids is 1. The fraction of sp³-hybridized carbons (Fsp3) is 0.400. The summed E-state index contributed by atoms with van der Waals surface area (Å²) in [5.41, 5.74) is -0.931. The van der Waals surface area contributed by atoms with Gasteiger partial charge in [0.2, 0.25) is 5.75 Å². The van der Waals surface area contributed by atoms with Gasteiger partial charge in [-0.25, -0.2) is 0 Å². The summed E-state index contributed by atoms with van der Waals surface area (Å²) in [6.07, 6.45) is 1.07. The van der Waals surface area contributed by atoms with Gasteiger partial charge in [0, 0.05) is 13.1 Å². The Labute approximate surface area is 102 Å². The summed E-state index contributed by atoms with van der Waals surface area (Å²) in [5.74, 6) is -1.43. The Hall–Kier alpha value is -2.22. The molecule has 0 aliphatic carbocycles. The minimum Gasteiger partial charge on any atom is -0.481 e. The number of carbonyl (C=O) groups is 1.